The van der Waals surface area contributed by atoms with E-state index in [1.807, 2.05) is 0 Å². The van der Waals surface area contributed by atoms with Crippen molar-refractivity contribution in [2.24, 2.45) is 14.1 Å². The summed E-state index contributed by atoms with van der Waals surface area (Å²) in [5.41, 5.74) is -0.926. The van der Waals surface area contributed by atoms with E-state index in [1.165, 1.54) is 17.9 Å². The Kier molecular flexibility index (Phi) is 1.53. The van der Waals surface area contributed by atoms with E-state index >= 15 is 0 Å². The molecule has 0 N–H and O–H groups in total. The van der Waals surface area contributed by atoms with Crippen LogP contribution in [-0.2, 0) is 20.6 Å². The Morgan fingerprint density at radius 2 is 2.13 bits per heavy atom. The molecule has 0 aromatic carbocycles. The van der Waals surface area contributed by atoms with Gasteiger partial charge >= 0.3 is 5.69 Å². The maximum absolute atomic E-state index is 12.1. The van der Waals surface area contributed by atoms with Gasteiger partial charge in [-0.25, -0.2) is 9.78 Å². The van der Waals surface area contributed by atoms with Crippen molar-refractivity contribution in [2.75, 3.05) is 0 Å². The molecule has 0 spiro atoms. The van der Waals surface area contributed by atoms with Gasteiger partial charge in [0, 0.05) is 23.3 Å². The summed E-state index contributed by atoms with van der Waals surface area (Å²) >= 11 is 0. The van der Waals surface area contributed by atoms with Crippen molar-refractivity contribution in [2.45, 2.75) is 13.4 Å². The largest absolute Gasteiger partial charge is 0.332 e. The molecule has 80 valence electrons. The number of nitrogens with zero attached hydrogens (tertiary/aromatic N) is 4. The molecular weight excluding hydrogens is 196 g/mol. The Labute approximate surface area is 88.2 Å². The summed E-state index contributed by atoms with van der Waals surface area (Å²) in [7, 11) is 3.08. The Morgan fingerprint density at radius 1 is 1.47 bits per heavy atom. The van der Waals surface area contributed by atoms with Crippen LogP contribution in [0, 0.1) is 0 Å². The van der Waals surface area contributed by atoms with E-state index in [9.17, 15) is 9.59 Å². The molecule has 0 fully saturated rings. The van der Waals surface area contributed by atoms with Crippen molar-refractivity contribution in [3.05, 3.63) is 27.2 Å². The highest BCUT2D eigenvalue weighted by Gasteiger charge is 2.12. The van der Waals surface area contributed by atoms with Gasteiger partial charge in [-0.2, -0.15) is 0 Å². The van der Waals surface area contributed by atoms with Crippen LogP contribution in [-0.4, -0.2) is 18.7 Å². The molecule has 15 heavy (non-hydrogen) atoms. The van der Waals surface area contributed by atoms with E-state index in [0.717, 1.165) is 11.5 Å². The molecule has 0 aliphatic rings. The van der Waals surface area contributed by atoms with E-state index in [1.54, 1.807) is 7.05 Å². The maximum Gasteiger partial charge on any atom is 0.332 e. The topological polar surface area (TPSA) is 61.8 Å². The molecule has 2 aromatic rings. The molecule has 2 rings (SSSR count). The molecule has 0 saturated heterocycles. The SMILES string of the molecule is [2H]C([2H])(C)n1c(=O)c2c(ncn2C)n(C)c1=O. The highest BCUT2D eigenvalue weighted by atomic mass is 16.2. The minimum atomic E-state index is -2.05. The van der Waals surface area contributed by atoms with Gasteiger partial charge in [-0.1, -0.05) is 0 Å². The maximum atomic E-state index is 12.1. The van der Waals surface area contributed by atoms with Gasteiger partial charge in [0.15, 0.2) is 11.2 Å². The van der Waals surface area contributed by atoms with Crippen molar-refractivity contribution in [1.29, 1.82) is 0 Å². The number of rotatable bonds is 1. The average molecular weight is 210 g/mol. The first-order valence-corrected chi connectivity index (χ1v) is 4.38. The Bertz CT molecular complexity index is 705. The predicted octanol–water partition coefficient (Wildman–Crippen LogP) is -0.546. The first-order valence-electron chi connectivity index (χ1n) is 5.38. The zero-order valence-corrected chi connectivity index (χ0v) is 8.68. The first-order chi connectivity index (χ1) is 7.75. The molecular formula is C9H12N4O2. The van der Waals surface area contributed by atoms with Gasteiger partial charge in [0.25, 0.3) is 5.56 Å². The minimum Gasteiger partial charge on any atom is -0.328 e. The third-order valence-corrected chi connectivity index (χ3v) is 2.34. The van der Waals surface area contributed by atoms with Gasteiger partial charge in [-0.15, -0.1) is 0 Å². The van der Waals surface area contributed by atoms with Gasteiger partial charge in [-0.3, -0.25) is 13.9 Å². The zero-order chi connectivity index (χ0) is 13.0. The lowest BCUT2D eigenvalue weighted by atomic mass is 10.5. The highest BCUT2D eigenvalue weighted by molar-refractivity contribution is 5.69. The van der Waals surface area contributed by atoms with Crippen LogP contribution in [0.5, 0.6) is 0 Å². The van der Waals surface area contributed by atoms with E-state index in [2.05, 4.69) is 4.98 Å². The fraction of sp³-hybridized carbons (Fsp3) is 0.444. The summed E-state index contributed by atoms with van der Waals surface area (Å²) in [5.74, 6) is 0. The average Bonchev–Trinajstić information content (AvgIpc) is 2.55. The van der Waals surface area contributed by atoms with Crippen molar-refractivity contribution < 1.29 is 2.74 Å². The Balaban J connectivity index is 3.12. The smallest absolute Gasteiger partial charge is 0.328 e. The highest BCUT2D eigenvalue weighted by Crippen LogP contribution is 2.02. The summed E-state index contributed by atoms with van der Waals surface area (Å²) in [6, 6.07) is 0. The number of imidazole rings is 1. The molecule has 0 unspecified atom stereocenters. The van der Waals surface area contributed by atoms with Crippen molar-refractivity contribution in [3.63, 3.8) is 0 Å². The molecule has 0 bridgehead atoms. The third-order valence-electron chi connectivity index (χ3n) is 2.34. The zero-order valence-electron chi connectivity index (χ0n) is 10.7. The van der Waals surface area contributed by atoms with Crippen molar-refractivity contribution in [1.82, 2.24) is 18.7 Å². The number of hydrogen-bond donors (Lipinski definition) is 0. The van der Waals surface area contributed by atoms with E-state index < -0.39 is 17.7 Å². The quantitative estimate of drug-likeness (QED) is 0.634. The van der Waals surface area contributed by atoms with Gasteiger partial charge in [-0.05, 0) is 6.92 Å². The standard InChI is InChI=1S/C9H12N4O2/c1-4-13-8(14)6-7(10-5-11(6)2)12(3)9(13)15/h5H,4H2,1-3H3/i4D2. The summed E-state index contributed by atoms with van der Waals surface area (Å²) in [4.78, 5) is 27.9. The molecule has 0 amide bonds. The summed E-state index contributed by atoms with van der Waals surface area (Å²) < 4.78 is 18.3. The second kappa shape index (κ2) is 3.08. The predicted molar refractivity (Wildman–Crippen MR) is 55.9 cm³/mol. The molecule has 0 saturated carbocycles. The molecule has 2 heterocycles. The number of hydrogen-bond acceptors (Lipinski definition) is 3. The lowest BCUT2D eigenvalue weighted by Crippen LogP contribution is -2.39. The summed E-state index contributed by atoms with van der Waals surface area (Å²) in [6.07, 6.45) is 1.42. The molecule has 2 aromatic heterocycles. The Hall–Kier alpha value is -1.85. The van der Waals surface area contributed by atoms with E-state index in [4.69, 9.17) is 2.74 Å². The number of aryl methyl sites for hydroxylation is 2. The molecule has 0 radical (unpaired) electrons. The first kappa shape index (κ1) is 7.44. The van der Waals surface area contributed by atoms with E-state index in [0.29, 0.717) is 4.57 Å². The molecule has 6 heteroatoms. The van der Waals surface area contributed by atoms with Crippen LogP contribution in [0.4, 0.5) is 0 Å². The molecule has 0 aliphatic carbocycles. The summed E-state index contributed by atoms with van der Waals surface area (Å²) in [5, 5.41) is 0. The molecule has 0 atom stereocenters. The van der Waals surface area contributed by atoms with Gasteiger partial charge < -0.3 is 4.57 Å². The van der Waals surface area contributed by atoms with Crippen LogP contribution in [0.15, 0.2) is 15.9 Å². The van der Waals surface area contributed by atoms with Gasteiger partial charge in [0.05, 0.1) is 6.33 Å². The second-order valence-electron chi connectivity index (χ2n) is 3.23. The van der Waals surface area contributed by atoms with E-state index in [-0.39, 0.29) is 11.2 Å². The van der Waals surface area contributed by atoms with Crippen LogP contribution in [0.2, 0.25) is 0 Å². The lowest BCUT2D eigenvalue weighted by molar-refractivity contribution is 0.635. The number of fused-ring (bicyclic) bond motifs is 1. The van der Waals surface area contributed by atoms with Crippen LogP contribution in [0.1, 0.15) is 9.67 Å². The van der Waals surface area contributed by atoms with Crippen LogP contribution in [0.3, 0.4) is 0 Å². The van der Waals surface area contributed by atoms with Gasteiger partial charge in [0.1, 0.15) is 0 Å². The van der Waals surface area contributed by atoms with Crippen LogP contribution < -0.4 is 11.2 Å². The fourth-order valence-corrected chi connectivity index (χ4v) is 1.54. The van der Waals surface area contributed by atoms with Crippen LogP contribution in [0.25, 0.3) is 11.2 Å². The second-order valence-corrected chi connectivity index (χ2v) is 3.23. The monoisotopic (exact) mass is 210 g/mol. The van der Waals surface area contributed by atoms with Gasteiger partial charge in [0.2, 0.25) is 0 Å². The third kappa shape index (κ3) is 1.14. The van der Waals surface area contributed by atoms with Crippen molar-refractivity contribution in [3.8, 4) is 0 Å². The normalized spacial score (nSPS) is 14.1. The fourth-order valence-electron chi connectivity index (χ4n) is 1.54. The van der Waals surface area contributed by atoms with Crippen LogP contribution >= 0.6 is 0 Å². The lowest BCUT2D eigenvalue weighted by Gasteiger charge is -2.05. The molecule has 0 aliphatic heterocycles. The number of aromatic nitrogens is 4. The minimum absolute atomic E-state index is 0.206. The molecule has 6 nitrogen and oxygen atoms in total. The Morgan fingerprint density at radius 3 is 2.73 bits per heavy atom. The van der Waals surface area contributed by atoms with Crippen molar-refractivity contribution >= 4 is 11.2 Å². The summed E-state index contributed by atoms with van der Waals surface area (Å²) in [6.45, 7) is -0.887.